The molecule has 0 spiro atoms. The Morgan fingerprint density at radius 2 is 1.80 bits per heavy atom. The van der Waals surface area contributed by atoms with Gasteiger partial charge >= 0.3 is 0 Å². The number of fused-ring (bicyclic) bond motifs is 1. The molecule has 0 aliphatic carbocycles. The fraction of sp³-hybridized carbons (Fsp3) is 0.167. The van der Waals surface area contributed by atoms with Crippen molar-refractivity contribution in [2.75, 3.05) is 5.75 Å². The molecule has 0 radical (unpaired) electrons. The number of sulfone groups is 2. The normalized spacial score (nSPS) is 20.5. The molecule has 6 nitrogen and oxygen atoms in total. The molecule has 0 fully saturated rings. The van der Waals surface area contributed by atoms with Gasteiger partial charge in [0.25, 0.3) is 0 Å². The van der Waals surface area contributed by atoms with Crippen LogP contribution in [0.25, 0.3) is 0 Å². The number of hydrogen-bond acceptors (Lipinski definition) is 6. The van der Waals surface area contributed by atoms with Gasteiger partial charge in [-0.1, -0.05) is 6.07 Å². The molecule has 2 aromatic heterocycles. The van der Waals surface area contributed by atoms with E-state index in [9.17, 15) is 16.8 Å². The van der Waals surface area contributed by atoms with Gasteiger partial charge in [-0.15, -0.1) is 0 Å². The predicted molar refractivity (Wildman–Crippen MR) is 70.5 cm³/mol. The molecule has 0 amide bonds. The van der Waals surface area contributed by atoms with Gasteiger partial charge in [-0.25, -0.2) is 21.8 Å². The molecule has 0 saturated heterocycles. The number of rotatable bonds is 2. The van der Waals surface area contributed by atoms with E-state index in [1.807, 2.05) is 0 Å². The molecule has 0 N–H and O–H groups in total. The van der Waals surface area contributed by atoms with Crippen molar-refractivity contribution in [1.29, 1.82) is 0 Å². The summed E-state index contributed by atoms with van der Waals surface area (Å²) in [4.78, 5) is 7.74. The third kappa shape index (κ3) is 1.92. The van der Waals surface area contributed by atoms with Crippen molar-refractivity contribution in [1.82, 2.24) is 9.97 Å². The highest BCUT2D eigenvalue weighted by atomic mass is 32.2. The van der Waals surface area contributed by atoms with E-state index in [0.29, 0.717) is 0 Å². The summed E-state index contributed by atoms with van der Waals surface area (Å²) in [5.74, 6) is -0.488. The second-order valence-corrected chi connectivity index (χ2v) is 8.45. The molecule has 2 aromatic rings. The van der Waals surface area contributed by atoms with Crippen LogP contribution in [-0.4, -0.2) is 32.6 Å². The van der Waals surface area contributed by atoms with Gasteiger partial charge in [-0.3, -0.25) is 4.98 Å². The highest BCUT2D eigenvalue weighted by molar-refractivity contribution is 7.96. The summed E-state index contributed by atoms with van der Waals surface area (Å²) in [6.45, 7) is 0. The average molecular weight is 310 g/mol. The van der Waals surface area contributed by atoms with Gasteiger partial charge in [-0.05, 0) is 24.3 Å². The van der Waals surface area contributed by atoms with Crippen molar-refractivity contribution in [3.05, 3.63) is 48.4 Å². The molecule has 1 aliphatic heterocycles. The first-order valence-electron chi connectivity index (χ1n) is 5.75. The molecule has 1 unspecified atom stereocenters. The lowest BCUT2D eigenvalue weighted by Gasteiger charge is -2.09. The lowest BCUT2D eigenvalue weighted by Crippen LogP contribution is -2.17. The van der Waals surface area contributed by atoms with Gasteiger partial charge in [0, 0.05) is 12.4 Å². The Balaban J connectivity index is 2.19. The maximum atomic E-state index is 12.5. The lowest BCUT2D eigenvalue weighted by atomic mass is 10.3. The SMILES string of the molecule is O=S1(=O)CC(S(=O)(=O)c2ccccn2)c2ncccc21. The quantitative estimate of drug-likeness (QED) is 0.813. The van der Waals surface area contributed by atoms with Crippen LogP contribution in [0.2, 0.25) is 0 Å². The minimum absolute atomic E-state index is 0.00972. The van der Waals surface area contributed by atoms with Crippen LogP contribution in [0, 0.1) is 0 Å². The molecular formula is C12H10N2O4S2. The largest absolute Gasteiger partial charge is 0.259 e. The summed E-state index contributed by atoms with van der Waals surface area (Å²) in [7, 11) is -7.49. The monoisotopic (exact) mass is 310 g/mol. The zero-order valence-corrected chi connectivity index (χ0v) is 11.8. The summed E-state index contributed by atoms with van der Waals surface area (Å²) in [6, 6.07) is 7.35. The Morgan fingerprint density at radius 3 is 2.50 bits per heavy atom. The van der Waals surface area contributed by atoms with E-state index in [-0.39, 0.29) is 15.6 Å². The second-order valence-electron chi connectivity index (χ2n) is 4.37. The van der Waals surface area contributed by atoms with Crippen molar-refractivity contribution in [2.24, 2.45) is 0 Å². The Bertz CT molecular complexity index is 861. The van der Waals surface area contributed by atoms with Gasteiger partial charge in [0.2, 0.25) is 9.84 Å². The Hall–Kier alpha value is -1.80. The molecule has 0 saturated carbocycles. The Morgan fingerprint density at radius 1 is 1.05 bits per heavy atom. The zero-order valence-electron chi connectivity index (χ0n) is 10.2. The minimum Gasteiger partial charge on any atom is -0.259 e. The highest BCUT2D eigenvalue weighted by Gasteiger charge is 2.44. The molecule has 20 heavy (non-hydrogen) atoms. The number of aromatic nitrogens is 2. The summed E-state index contributed by atoms with van der Waals surface area (Å²) < 4.78 is 49.1. The van der Waals surface area contributed by atoms with E-state index >= 15 is 0 Å². The predicted octanol–water partition coefficient (Wildman–Crippen LogP) is 0.779. The average Bonchev–Trinajstić information content (AvgIpc) is 2.73. The van der Waals surface area contributed by atoms with Crippen LogP contribution in [-0.2, 0) is 19.7 Å². The first-order valence-corrected chi connectivity index (χ1v) is 8.95. The molecule has 3 rings (SSSR count). The van der Waals surface area contributed by atoms with Crippen LogP contribution in [0.5, 0.6) is 0 Å². The van der Waals surface area contributed by atoms with Crippen LogP contribution < -0.4 is 0 Å². The Kier molecular flexibility index (Phi) is 2.87. The van der Waals surface area contributed by atoms with E-state index in [2.05, 4.69) is 9.97 Å². The van der Waals surface area contributed by atoms with E-state index in [1.165, 1.54) is 30.6 Å². The molecule has 0 bridgehead atoms. The fourth-order valence-electron chi connectivity index (χ4n) is 2.17. The molecule has 8 heteroatoms. The van der Waals surface area contributed by atoms with Gasteiger partial charge in [-0.2, -0.15) is 0 Å². The number of pyridine rings is 2. The van der Waals surface area contributed by atoms with Crippen LogP contribution in [0.4, 0.5) is 0 Å². The summed E-state index contributed by atoms with van der Waals surface area (Å²) in [5, 5.41) is -1.34. The van der Waals surface area contributed by atoms with E-state index in [1.54, 1.807) is 12.1 Å². The molecule has 1 atom stereocenters. The molecule has 3 heterocycles. The van der Waals surface area contributed by atoms with Crippen molar-refractivity contribution < 1.29 is 16.8 Å². The van der Waals surface area contributed by atoms with Crippen molar-refractivity contribution in [3.8, 4) is 0 Å². The molecule has 1 aliphatic rings. The van der Waals surface area contributed by atoms with Gasteiger partial charge in [0.05, 0.1) is 16.3 Å². The van der Waals surface area contributed by atoms with E-state index in [4.69, 9.17) is 0 Å². The maximum absolute atomic E-state index is 12.5. The van der Waals surface area contributed by atoms with Crippen LogP contribution in [0.3, 0.4) is 0 Å². The highest BCUT2D eigenvalue weighted by Crippen LogP contribution is 2.38. The van der Waals surface area contributed by atoms with Gasteiger partial charge < -0.3 is 0 Å². The summed E-state index contributed by atoms with van der Waals surface area (Å²) in [6.07, 6.45) is 2.75. The van der Waals surface area contributed by atoms with Crippen molar-refractivity contribution in [3.63, 3.8) is 0 Å². The van der Waals surface area contributed by atoms with Crippen LogP contribution in [0.1, 0.15) is 10.9 Å². The Labute approximate surface area is 116 Å². The smallest absolute Gasteiger partial charge is 0.205 e. The minimum atomic E-state index is -3.88. The number of hydrogen-bond donors (Lipinski definition) is 0. The summed E-state index contributed by atoms with van der Waals surface area (Å²) in [5.41, 5.74) is 0.0816. The molecular weight excluding hydrogens is 300 g/mol. The van der Waals surface area contributed by atoms with Crippen LogP contribution in [0.15, 0.2) is 52.6 Å². The summed E-state index contributed by atoms with van der Waals surface area (Å²) >= 11 is 0. The van der Waals surface area contributed by atoms with E-state index in [0.717, 1.165) is 0 Å². The standard InChI is InChI=1S/C12H10N2O4S2/c15-19(16)8-10(12-9(19)4-3-7-14-12)20(17,18)11-5-1-2-6-13-11/h1-7,10H,8H2. The lowest BCUT2D eigenvalue weighted by molar-refractivity contribution is 0.578. The molecule has 0 aromatic carbocycles. The van der Waals surface area contributed by atoms with Crippen molar-refractivity contribution >= 4 is 19.7 Å². The van der Waals surface area contributed by atoms with Crippen LogP contribution >= 0.6 is 0 Å². The topological polar surface area (TPSA) is 94.1 Å². The fourth-order valence-corrected chi connectivity index (χ4v) is 6.29. The second kappa shape index (κ2) is 4.35. The zero-order chi connectivity index (χ0) is 14.4. The van der Waals surface area contributed by atoms with E-state index < -0.39 is 30.7 Å². The number of nitrogens with zero attached hydrogens (tertiary/aromatic N) is 2. The molecule has 104 valence electrons. The first kappa shape index (κ1) is 13.2. The third-order valence-electron chi connectivity index (χ3n) is 3.11. The third-order valence-corrected chi connectivity index (χ3v) is 7.08. The van der Waals surface area contributed by atoms with Gasteiger partial charge in [0.1, 0.15) is 5.25 Å². The van der Waals surface area contributed by atoms with Gasteiger partial charge in [0.15, 0.2) is 14.9 Å². The first-order chi connectivity index (χ1) is 9.43. The maximum Gasteiger partial charge on any atom is 0.205 e. The van der Waals surface area contributed by atoms with Crippen molar-refractivity contribution in [2.45, 2.75) is 15.2 Å².